The van der Waals surface area contributed by atoms with Crippen molar-refractivity contribution in [3.05, 3.63) is 210 Å². The summed E-state index contributed by atoms with van der Waals surface area (Å²) in [5.41, 5.74) is 24.7. The summed E-state index contributed by atoms with van der Waals surface area (Å²) in [6.07, 6.45) is 0. The quantitative estimate of drug-likeness (QED) is 0.160. The van der Waals surface area contributed by atoms with Gasteiger partial charge in [0.1, 0.15) is 11.2 Å². The minimum Gasteiger partial charge on any atom is -0.455 e. The van der Waals surface area contributed by atoms with E-state index in [4.69, 9.17) is 4.42 Å². The van der Waals surface area contributed by atoms with E-state index in [1.54, 1.807) is 0 Å². The second-order valence-corrected chi connectivity index (χ2v) is 25.1. The Morgan fingerprint density at radius 3 is 1.46 bits per heavy atom. The first-order valence-electron chi connectivity index (χ1n) is 26.6. The van der Waals surface area contributed by atoms with Crippen molar-refractivity contribution in [2.75, 3.05) is 9.80 Å². The topological polar surface area (TPSA) is 19.6 Å². The van der Waals surface area contributed by atoms with Crippen molar-refractivity contribution in [2.24, 2.45) is 0 Å². The van der Waals surface area contributed by atoms with Gasteiger partial charge in [-0.05, 0) is 126 Å². The molecule has 0 spiro atoms. The molecule has 0 radical (unpaired) electrons. The van der Waals surface area contributed by atoms with Crippen molar-refractivity contribution in [3.8, 4) is 33.4 Å². The second-order valence-electron chi connectivity index (χ2n) is 25.1. The SMILES string of the molecule is CC(C)(C)c1ccc(N2c3ccc(C(C)(C)C)cc3B3c4cc(C(C)(C)C)ccc4N(c4ccccc4-c4cccc5c4oc4c(C(C)(C)C)cccc45)c4cc(-c5cccc(-c6ccccc6)c5)cc2c43)cc1. The summed E-state index contributed by atoms with van der Waals surface area (Å²) in [7, 11) is 0. The van der Waals surface area contributed by atoms with Crippen molar-refractivity contribution in [1.82, 2.24) is 0 Å². The Bertz CT molecular complexity index is 3830. The summed E-state index contributed by atoms with van der Waals surface area (Å²) in [6.45, 7) is 27.7. The van der Waals surface area contributed by atoms with Gasteiger partial charge in [0.2, 0.25) is 0 Å². The third-order valence-corrected chi connectivity index (χ3v) is 15.9. The number of para-hydroxylation sites is 3. The van der Waals surface area contributed by atoms with Crippen LogP contribution >= 0.6 is 0 Å². The third-order valence-electron chi connectivity index (χ3n) is 15.9. The number of rotatable bonds is 5. The number of hydrogen-bond donors (Lipinski definition) is 0. The number of furan rings is 1. The molecule has 10 aromatic rings. The molecule has 9 aromatic carbocycles. The highest BCUT2D eigenvalue weighted by molar-refractivity contribution is 7.00. The summed E-state index contributed by atoms with van der Waals surface area (Å²) in [5, 5.41) is 2.28. The zero-order chi connectivity index (χ0) is 51.6. The van der Waals surface area contributed by atoms with Gasteiger partial charge in [0, 0.05) is 55.9 Å². The van der Waals surface area contributed by atoms with Crippen LogP contribution in [-0.2, 0) is 21.7 Å². The number of benzene rings is 9. The Morgan fingerprint density at radius 2 is 0.838 bits per heavy atom. The molecule has 12 rings (SSSR count). The fourth-order valence-corrected chi connectivity index (χ4v) is 11.8. The highest BCUT2D eigenvalue weighted by Crippen LogP contribution is 2.50. The van der Waals surface area contributed by atoms with E-state index < -0.39 is 0 Å². The minimum absolute atomic E-state index is 0.0117. The van der Waals surface area contributed by atoms with Crippen molar-refractivity contribution in [1.29, 1.82) is 0 Å². The maximum absolute atomic E-state index is 7.16. The van der Waals surface area contributed by atoms with Gasteiger partial charge in [0.25, 0.3) is 6.71 Å². The van der Waals surface area contributed by atoms with Gasteiger partial charge in [0.15, 0.2) is 0 Å². The predicted molar refractivity (Wildman–Crippen MR) is 319 cm³/mol. The van der Waals surface area contributed by atoms with Crippen LogP contribution in [0.15, 0.2) is 192 Å². The lowest BCUT2D eigenvalue weighted by molar-refractivity contribution is 0.573. The summed E-state index contributed by atoms with van der Waals surface area (Å²) in [5.74, 6) is 0. The maximum atomic E-state index is 7.16. The van der Waals surface area contributed by atoms with Crippen LogP contribution < -0.4 is 26.2 Å². The largest absolute Gasteiger partial charge is 0.455 e. The van der Waals surface area contributed by atoms with E-state index in [-0.39, 0.29) is 28.4 Å². The molecule has 0 aliphatic carbocycles. The van der Waals surface area contributed by atoms with E-state index in [1.807, 2.05) is 0 Å². The highest BCUT2D eigenvalue weighted by Gasteiger charge is 2.45. The van der Waals surface area contributed by atoms with Crippen molar-refractivity contribution in [3.63, 3.8) is 0 Å². The molecule has 2 aliphatic heterocycles. The molecule has 0 saturated carbocycles. The van der Waals surface area contributed by atoms with Gasteiger partial charge >= 0.3 is 0 Å². The average molecular weight is 963 g/mol. The Balaban J connectivity index is 1.20. The summed E-state index contributed by atoms with van der Waals surface area (Å²) >= 11 is 0. The third kappa shape index (κ3) is 7.88. The Hall–Kier alpha value is -7.56. The van der Waals surface area contributed by atoms with Gasteiger partial charge in [0.05, 0.1) is 5.69 Å². The van der Waals surface area contributed by atoms with Crippen molar-refractivity contribution >= 4 is 79.2 Å². The zero-order valence-corrected chi connectivity index (χ0v) is 45.3. The maximum Gasteiger partial charge on any atom is 0.252 e. The standard InChI is InChI=1S/C70H67BN2O/c1-67(2,3)48-31-35-51(36-32-48)72-60-37-33-49(68(4,5)6)42-57(60)71-58-43-50(69(7,8)9)34-38-61(58)73(63-41-47(40-62(72)64(63)71)46-24-18-23-45(39-46)44-21-14-13-15-22-44)59-30-17-16-25-52(59)53-26-19-27-54-55-28-20-29-56(70(10,11)12)66(55)74-65(53)54/h13-43H,1-12H3. The van der Waals surface area contributed by atoms with E-state index in [0.717, 1.165) is 50.0 Å². The molecule has 0 unspecified atom stereocenters. The molecular formula is C70H67BN2O. The Kier molecular flexibility index (Phi) is 10.9. The number of hydrogen-bond acceptors (Lipinski definition) is 3. The van der Waals surface area contributed by atoms with Gasteiger partial charge in [-0.2, -0.15) is 0 Å². The van der Waals surface area contributed by atoms with Gasteiger partial charge in [-0.3, -0.25) is 0 Å². The lowest BCUT2D eigenvalue weighted by Gasteiger charge is -2.45. The van der Waals surface area contributed by atoms with Crippen LogP contribution in [0.4, 0.5) is 34.1 Å². The molecule has 3 heterocycles. The van der Waals surface area contributed by atoms with Crippen LogP contribution in [0.2, 0.25) is 0 Å². The van der Waals surface area contributed by atoms with E-state index >= 15 is 0 Å². The van der Waals surface area contributed by atoms with E-state index in [0.29, 0.717) is 0 Å². The summed E-state index contributed by atoms with van der Waals surface area (Å²) in [4.78, 5) is 5.16. The molecule has 0 amide bonds. The van der Waals surface area contributed by atoms with Crippen LogP contribution in [0.25, 0.3) is 55.3 Å². The van der Waals surface area contributed by atoms with Crippen LogP contribution in [0.1, 0.15) is 105 Å². The van der Waals surface area contributed by atoms with Crippen LogP contribution in [-0.4, -0.2) is 6.71 Å². The van der Waals surface area contributed by atoms with Gasteiger partial charge in [-0.15, -0.1) is 0 Å². The molecule has 366 valence electrons. The number of nitrogens with zero attached hydrogens (tertiary/aromatic N) is 2. The molecule has 1 aromatic heterocycles. The lowest BCUT2D eigenvalue weighted by Crippen LogP contribution is -2.61. The predicted octanol–water partition coefficient (Wildman–Crippen LogP) is 17.9. The van der Waals surface area contributed by atoms with Gasteiger partial charge in [-0.1, -0.05) is 223 Å². The fraction of sp³-hybridized carbons (Fsp3) is 0.229. The van der Waals surface area contributed by atoms with Crippen LogP contribution in [0.5, 0.6) is 0 Å². The van der Waals surface area contributed by atoms with Crippen molar-refractivity contribution < 1.29 is 4.42 Å². The monoisotopic (exact) mass is 963 g/mol. The molecule has 4 heteroatoms. The van der Waals surface area contributed by atoms with Gasteiger partial charge < -0.3 is 14.2 Å². The molecule has 3 nitrogen and oxygen atoms in total. The van der Waals surface area contributed by atoms with E-state index in [1.165, 1.54) is 78.1 Å². The van der Waals surface area contributed by atoms with E-state index in [9.17, 15) is 0 Å². The smallest absolute Gasteiger partial charge is 0.252 e. The molecule has 0 bridgehead atoms. The molecule has 0 N–H and O–H groups in total. The Labute approximate surface area is 439 Å². The molecule has 0 saturated heterocycles. The number of anilines is 6. The first-order chi connectivity index (χ1) is 35.2. The zero-order valence-electron chi connectivity index (χ0n) is 45.3. The lowest BCUT2D eigenvalue weighted by atomic mass is 9.33. The Morgan fingerprint density at radius 1 is 0.338 bits per heavy atom. The van der Waals surface area contributed by atoms with Crippen molar-refractivity contribution in [2.45, 2.75) is 105 Å². The number of fused-ring (bicyclic) bond motifs is 7. The molecule has 74 heavy (non-hydrogen) atoms. The van der Waals surface area contributed by atoms with Crippen LogP contribution in [0, 0.1) is 0 Å². The van der Waals surface area contributed by atoms with Gasteiger partial charge in [-0.25, -0.2) is 0 Å². The first kappa shape index (κ1) is 47.4. The minimum atomic E-state index is -0.0923. The van der Waals surface area contributed by atoms with Crippen LogP contribution in [0.3, 0.4) is 0 Å². The summed E-state index contributed by atoms with van der Waals surface area (Å²) < 4.78 is 7.16. The van der Waals surface area contributed by atoms with E-state index in [2.05, 4.69) is 281 Å². The highest BCUT2D eigenvalue weighted by atomic mass is 16.3. The molecule has 0 fully saturated rings. The fourth-order valence-electron chi connectivity index (χ4n) is 11.8. The first-order valence-corrected chi connectivity index (χ1v) is 26.6. The second kappa shape index (κ2) is 17.0. The normalized spacial score (nSPS) is 13.6. The molecule has 2 aliphatic rings. The molecular weight excluding hydrogens is 896 g/mol. The summed E-state index contributed by atoms with van der Waals surface area (Å²) in [6, 6.07) is 71.2. The molecule has 0 atom stereocenters. The average Bonchev–Trinajstić information content (AvgIpc) is 3.77.